The molecule has 3 heteroatoms. The lowest BCUT2D eigenvalue weighted by molar-refractivity contribution is 0.419. The average molecular weight is 239 g/mol. The van der Waals surface area contributed by atoms with E-state index in [4.69, 9.17) is 4.74 Å². The van der Waals surface area contributed by atoms with Crippen molar-refractivity contribution in [1.29, 1.82) is 0 Å². The normalized spacial score (nSPS) is 11.0. The van der Waals surface area contributed by atoms with E-state index in [-0.39, 0.29) is 5.56 Å². The van der Waals surface area contributed by atoms with Gasteiger partial charge in [0.15, 0.2) is 0 Å². The molecule has 3 rings (SSSR count). The van der Waals surface area contributed by atoms with Crippen molar-refractivity contribution in [2.75, 3.05) is 7.11 Å². The SMILES string of the molecule is COc1cccc2cc3c(=O)[nH]ccc3c(C)c12. The summed E-state index contributed by atoms with van der Waals surface area (Å²) in [5, 5.41) is 3.78. The Morgan fingerprint density at radius 1 is 1.17 bits per heavy atom. The summed E-state index contributed by atoms with van der Waals surface area (Å²) in [5.41, 5.74) is 1.02. The number of aromatic amines is 1. The highest BCUT2D eigenvalue weighted by Crippen LogP contribution is 2.32. The van der Waals surface area contributed by atoms with Gasteiger partial charge in [0, 0.05) is 17.0 Å². The van der Waals surface area contributed by atoms with Crippen LogP contribution in [0.2, 0.25) is 0 Å². The van der Waals surface area contributed by atoms with Crippen LogP contribution in [-0.4, -0.2) is 12.1 Å². The number of H-pyrrole nitrogens is 1. The molecular weight excluding hydrogens is 226 g/mol. The second-order valence-corrected chi connectivity index (χ2v) is 4.33. The van der Waals surface area contributed by atoms with Crippen LogP contribution < -0.4 is 10.3 Å². The first-order valence-corrected chi connectivity index (χ1v) is 5.80. The van der Waals surface area contributed by atoms with Gasteiger partial charge >= 0.3 is 0 Å². The zero-order chi connectivity index (χ0) is 12.7. The van der Waals surface area contributed by atoms with Crippen LogP contribution in [0.3, 0.4) is 0 Å². The van der Waals surface area contributed by atoms with Crippen molar-refractivity contribution in [2.24, 2.45) is 0 Å². The molecule has 0 atom stereocenters. The Morgan fingerprint density at radius 2 is 2.00 bits per heavy atom. The fraction of sp³-hybridized carbons (Fsp3) is 0.133. The Labute approximate surface area is 104 Å². The quantitative estimate of drug-likeness (QED) is 0.663. The number of aromatic nitrogens is 1. The first-order chi connectivity index (χ1) is 8.72. The molecule has 0 aliphatic heterocycles. The number of pyridine rings is 1. The first-order valence-electron chi connectivity index (χ1n) is 5.80. The maximum Gasteiger partial charge on any atom is 0.255 e. The van der Waals surface area contributed by atoms with Gasteiger partial charge < -0.3 is 9.72 Å². The van der Waals surface area contributed by atoms with Crippen molar-refractivity contribution >= 4 is 21.5 Å². The lowest BCUT2D eigenvalue weighted by Gasteiger charge is -2.10. The predicted molar refractivity (Wildman–Crippen MR) is 73.4 cm³/mol. The fourth-order valence-corrected chi connectivity index (χ4v) is 2.49. The van der Waals surface area contributed by atoms with Gasteiger partial charge in [0.1, 0.15) is 5.75 Å². The molecule has 0 saturated carbocycles. The molecule has 0 aliphatic carbocycles. The number of fused-ring (bicyclic) bond motifs is 2. The Hall–Kier alpha value is -2.29. The van der Waals surface area contributed by atoms with E-state index in [0.29, 0.717) is 0 Å². The second-order valence-electron chi connectivity index (χ2n) is 4.33. The zero-order valence-corrected chi connectivity index (χ0v) is 10.3. The maximum absolute atomic E-state index is 11.8. The summed E-state index contributed by atoms with van der Waals surface area (Å²) in [6.45, 7) is 2.02. The third kappa shape index (κ3) is 1.40. The van der Waals surface area contributed by atoms with E-state index in [9.17, 15) is 4.79 Å². The number of nitrogens with one attached hydrogen (secondary N) is 1. The smallest absolute Gasteiger partial charge is 0.255 e. The molecule has 1 heterocycles. The molecule has 1 N–H and O–H groups in total. The number of rotatable bonds is 1. The van der Waals surface area contributed by atoms with Gasteiger partial charge in [0.2, 0.25) is 0 Å². The van der Waals surface area contributed by atoms with Crippen molar-refractivity contribution in [3.63, 3.8) is 0 Å². The zero-order valence-electron chi connectivity index (χ0n) is 10.3. The van der Waals surface area contributed by atoms with E-state index in [2.05, 4.69) is 4.98 Å². The van der Waals surface area contributed by atoms with E-state index < -0.39 is 0 Å². The standard InChI is InChI=1S/C15H13NO2/c1-9-11-6-7-16-15(17)12(11)8-10-4-3-5-13(18-2)14(9)10/h3-8H,1-2H3,(H,16,17). The third-order valence-corrected chi connectivity index (χ3v) is 3.36. The summed E-state index contributed by atoms with van der Waals surface area (Å²) in [5.74, 6) is 0.840. The van der Waals surface area contributed by atoms with Gasteiger partial charge in [-0.25, -0.2) is 0 Å². The van der Waals surface area contributed by atoms with E-state index in [0.717, 1.165) is 32.9 Å². The van der Waals surface area contributed by atoms with Crippen LogP contribution in [-0.2, 0) is 0 Å². The number of ether oxygens (including phenoxy) is 1. The molecule has 18 heavy (non-hydrogen) atoms. The second kappa shape index (κ2) is 3.88. The van der Waals surface area contributed by atoms with E-state index in [1.807, 2.05) is 37.3 Å². The highest BCUT2D eigenvalue weighted by atomic mass is 16.5. The topological polar surface area (TPSA) is 42.1 Å². The summed E-state index contributed by atoms with van der Waals surface area (Å²) in [6.07, 6.45) is 1.68. The minimum Gasteiger partial charge on any atom is -0.496 e. The van der Waals surface area contributed by atoms with Crippen molar-refractivity contribution in [3.8, 4) is 5.75 Å². The van der Waals surface area contributed by atoms with Crippen molar-refractivity contribution in [1.82, 2.24) is 4.98 Å². The summed E-state index contributed by atoms with van der Waals surface area (Å²) >= 11 is 0. The van der Waals surface area contributed by atoms with Crippen LogP contribution >= 0.6 is 0 Å². The van der Waals surface area contributed by atoms with E-state index in [1.54, 1.807) is 13.3 Å². The summed E-state index contributed by atoms with van der Waals surface area (Å²) in [7, 11) is 1.66. The molecule has 1 aromatic heterocycles. The molecule has 0 radical (unpaired) electrons. The molecule has 0 saturated heterocycles. The summed E-state index contributed by atoms with van der Waals surface area (Å²) < 4.78 is 5.40. The van der Waals surface area contributed by atoms with Crippen LogP contribution in [0.4, 0.5) is 0 Å². The fourth-order valence-electron chi connectivity index (χ4n) is 2.49. The minimum absolute atomic E-state index is 0.0553. The lowest BCUT2D eigenvalue weighted by atomic mass is 9.98. The minimum atomic E-state index is -0.0553. The van der Waals surface area contributed by atoms with Crippen LogP contribution in [0.15, 0.2) is 41.3 Å². The van der Waals surface area contributed by atoms with Gasteiger partial charge in [0.25, 0.3) is 5.56 Å². The Morgan fingerprint density at radius 3 is 2.78 bits per heavy atom. The number of aryl methyl sites for hydroxylation is 1. The molecule has 0 fully saturated rings. The number of hydrogen-bond donors (Lipinski definition) is 1. The number of benzene rings is 2. The van der Waals surface area contributed by atoms with Crippen molar-refractivity contribution < 1.29 is 4.74 Å². The van der Waals surface area contributed by atoms with Gasteiger partial charge in [-0.1, -0.05) is 12.1 Å². The Balaban J connectivity index is 2.61. The molecular formula is C15H13NO2. The average Bonchev–Trinajstić information content (AvgIpc) is 2.39. The molecule has 0 unspecified atom stereocenters. The van der Waals surface area contributed by atoms with Crippen molar-refractivity contribution in [3.05, 3.63) is 52.4 Å². The Kier molecular flexibility index (Phi) is 2.33. The molecule has 3 aromatic rings. The van der Waals surface area contributed by atoms with Crippen LogP contribution in [0.1, 0.15) is 5.56 Å². The van der Waals surface area contributed by atoms with E-state index in [1.165, 1.54) is 0 Å². The molecule has 90 valence electrons. The van der Waals surface area contributed by atoms with Gasteiger partial charge in [-0.3, -0.25) is 4.79 Å². The Bertz CT molecular complexity index is 803. The predicted octanol–water partition coefficient (Wildman–Crippen LogP) is 3.00. The van der Waals surface area contributed by atoms with Crippen LogP contribution in [0.5, 0.6) is 5.75 Å². The molecule has 0 amide bonds. The van der Waals surface area contributed by atoms with Gasteiger partial charge in [0.05, 0.1) is 7.11 Å². The van der Waals surface area contributed by atoms with Crippen LogP contribution in [0, 0.1) is 6.92 Å². The van der Waals surface area contributed by atoms with Crippen LogP contribution in [0.25, 0.3) is 21.5 Å². The highest BCUT2D eigenvalue weighted by molar-refractivity contribution is 6.04. The van der Waals surface area contributed by atoms with Gasteiger partial charge in [-0.2, -0.15) is 0 Å². The lowest BCUT2D eigenvalue weighted by Crippen LogP contribution is -2.05. The highest BCUT2D eigenvalue weighted by Gasteiger charge is 2.09. The number of methoxy groups -OCH3 is 1. The molecule has 0 spiro atoms. The van der Waals surface area contributed by atoms with Gasteiger partial charge in [-0.05, 0) is 41.5 Å². The third-order valence-electron chi connectivity index (χ3n) is 3.36. The molecule has 0 bridgehead atoms. The largest absolute Gasteiger partial charge is 0.496 e. The molecule has 0 aliphatic rings. The monoisotopic (exact) mass is 239 g/mol. The van der Waals surface area contributed by atoms with Gasteiger partial charge in [-0.15, -0.1) is 0 Å². The molecule has 2 aromatic carbocycles. The maximum atomic E-state index is 11.8. The summed E-state index contributed by atoms with van der Waals surface area (Å²) in [4.78, 5) is 14.6. The van der Waals surface area contributed by atoms with Crippen molar-refractivity contribution in [2.45, 2.75) is 6.92 Å². The molecule has 3 nitrogen and oxygen atoms in total. The van der Waals surface area contributed by atoms with E-state index >= 15 is 0 Å². The number of hydrogen-bond acceptors (Lipinski definition) is 2. The first kappa shape index (κ1) is 10.8. The summed E-state index contributed by atoms with van der Waals surface area (Å²) in [6, 6.07) is 9.71.